The summed E-state index contributed by atoms with van der Waals surface area (Å²) in [5.41, 5.74) is 5.06. The largest absolute Gasteiger partial charge is 0.464 e. The van der Waals surface area contributed by atoms with Crippen molar-refractivity contribution in [1.29, 1.82) is 0 Å². The van der Waals surface area contributed by atoms with Crippen molar-refractivity contribution in [3.05, 3.63) is 23.7 Å². The average Bonchev–Trinajstić information content (AvgIpc) is 3.05. The summed E-state index contributed by atoms with van der Waals surface area (Å²) in [6.45, 7) is 4.34. The van der Waals surface area contributed by atoms with Gasteiger partial charge in [0.2, 0.25) is 5.91 Å². The van der Waals surface area contributed by atoms with Crippen LogP contribution in [0.1, 0.15) is 44.3 Å². The number of hydrogen-bond acceptors (Lipinski definition) is 3. The van der Waals surface area contributed by atoms with Crippen molar-refractivity contribution in [2.24, 2.45) is 5.73 Å². The van der Waals surface area contributed by atoms with Crippen LogP contribution >= 0.6 is 0 Å². The summed E-state index contributed by atoms with van der Waals surface area (Å²) in [5, 5.41) is 2.42. The van der Waals surface area contributed by atoms with E-state index in [2.05, 4.69) is 5.32 Å². The van der Waals surface area contributed by atoms with Gasteiger partial charge in [0.25, 0.3) is 0 Å². The number of nitrogens with one attached hydrogen (secondary N) is 1. The number of aryl methyl sites for hydroxylation is 1. The smallest absolute Gasteiger partial charge is 0.312 e. The second kappa shape index (κ2) is 5.98. The molecule has 1 fully saturated rings. The van der Waals surface area contributed by atoms with Gasteiger partial charge < -0.3 is 20.4 Å². The van der Waals surface area contributed by atoms with Crippen molar-refractivity contribution in [2.75, 3.05) is 6.54 Å². The van der Waals surface area contributed by atoms with Gasteiger partial charge in [0.1, 0.15) is 17.6 Å². The summed E-state index contributed by atoms with van der Waals surface area (Å²) in [7, 11) is 0. The van der Waals surface area contributed by atoms with Gasteiger partial charge in [-0.1, -0.05) is 6.92 Å². The van der Waals surface area contributed by atoms with Crippen LogP contribution in [0.5, 0.6) is 0 Å². The summed E-state index contributed by atoms with van der Waals surface area (Å²) >= 11 is 0. The van der Waals surface area contributed by atoms with E-state index in [9.17, 15) is 9.59 Å². The number of likely N-dealkylation sites (tertiary alicyclic amines) is 1. The first-order valence-corrected chi connectivity index (χ1v) is 6.98. The fraction of sp³-hybridized carbons (Fsp3) is 0.571. The number of urea groups is 1. The topological polar surface area (TPSA) is 88.6 Å². The number of amides is 3. The molecule has 6 heteroatoms. The molecule has 2 heterocycles. The molecule has 1 saturated heterocycles. The van der Waals surface area contributed by atoms with Crippen molar-refractivity contribution in [3.8, 4) is 0 Å². The number of hydrogen-bond donors (Lipinski definition) is 2. The van der Waals surface area contributed by atoms with E-state index < -0.39 is 12.1 Å². The molecule has 0 saturated carbocycles. The number of rotatable bonds is 4. The lowest BCUT2D eigenvalue weighted by atomic mass is 10.1. The zero-order valence-corrected chi connectivity index (χ0v) is 11.9. The van der Waals surface area contributed by atoms with Crippen molar-refractivity contribution in [2.45, 2.75) is 45.2 Å². The molecule has 1 aromatic rings. The first-order valence-electron chi connectivity index (χ1n) is 6.98. The minimum Gasteiger partial charge on any atom is -0.464 e. The number of carbonyl (C=O) groups excluding carboxylic acids is 2. The van der Waals surface area contributed by atoms with Gasteiger partial charge in [0.15, 0.2) is 0 Å². The summed E-state index contributed by atoms with van der Waals surface area (Å²) < 4.78 is 5.75. The van der Waals surface area contributed by atoms with Crippen LogP contribution in [-0.4, -0.2) is 29.4 Å². The second-order valence-electron chi connectivity index (χ2n) is 5.08. The van der Waals surface area contributed by atoms with Crippen molar-refractivity contribution in [3.63, 3.8) is 0 Å². The predicted octanol–water partition coefficient (Wildman–Crippen LogP) is 1.56. The van der Waals surface area contributed by atoms with Gasteiger partial charge in [-0.2, -0.15) is 0 Å². The van der Waals surface area contributed by atoms with E-state index in [1.165, 1.54) is 0 Å². The number of carbonyl (C=O) groups is 2. The molecule has 1 aliphatic rings. The highest BCUT2D eigenvalue weighted by Gasteiger charge is 2.34. The standard InChI is InChI=1S/C14H21N3O3/c1-3-10-6-7-12(20-10)11-5-4-8-17(11)13(18)9(2)16-14(15)19/h6-7,9,11H,3-5,8H2,1-2H3,(H3,15,16,19)/t9-,11+/m0/s1. The minimum absolute atomic E-state index is 0.0417. The Bertz CT molecular complexity index is 498. The number of nitrogens with two attached hydrogens (primary N) is 1. The molecule has 2 atom stereocenters. The fourth-order valence-electron chi connectivity index (χ4n) is 2.61. The van der Waals surface area contributed by atoms with Crippen LogP contribution in [-0.2, 0) is 11.2 Å². The van der Waals surface area contributed by atoms with Crippen LogP contribution in [0.4, 0.5) is 4.79 Å². The van der Waals surface area contributed by atoms with E-state index in [1.807, 2.05) is 19.1 Å². The Morgan fingerprint density at radius 2 is 2.30 bits per heavy atom. The number of furan rings is 1. The molecular weight excluding hydrogens is 258 g/mol. The van der Waals surface area contributed by atoms with E-state index in [0.717, 1.165) is 30.8 Å². The van der Waals surface area contributed by atoms with Gasteiger partial charge in [-0.05, 0) is 31.9 Å². The van der Waals surface area contributed by atoms with Crippen LogP contribution in [0.2, 0.25) is 0 Å². The van der Waals surface area contributed by atoms with Gasteiger partial charge >= 0.3 is 6.03 Å². The lowest BCUT2D eigenvalue weighted by Gasteiger charge is -2.26. The summed E-state index contributed by atoms with van der Waals surface area (Å²) in [4.78, 5) is 25.0. The third kappa shape index (κ3) is 2.95. The molecule has 0 unspecified atom stereocenters. The molecule has 0 bridgehead atoms. The first-order chi connectivity index (χ1) is 9.52. The molecule has 3 N–H and O–H groups in total. The number of nitrogens with zero attached hydrogens (tertiary/aromatic N) is 1. The molecule has 0 aromatic carbocycles. The third-order valence-electron chi connectivity index (χ3n) is 3.62. The van der Waals surface area contributed by atoms with E-state index in [-0.39, 0.29) is 11.9 Å². The van der Waals surface area contributed by atoms with Crippen LogP contribution < -0.4 is 11.1 Å². The van der Waals surface area contributed by atoms with Crippen LogP contribution in [0, 0.1) is 0 Å². The van der Waals surface area contributed by atoms with Gasteiger partial charge in [0.05, 0.1) is 6.04 Å². The van der Waals surface area contributed by atoms with Gasteiger partial charge in [-0.15, -0.1) is 0 Å². The Hall–Kier alpha value is -1.98. The Kier molecular flexibility index (Phi) is 4.32. The highest BCUT2D eigenvalue weighted by Crippen LogP contribution is 2.33. The van der Waals surface area contributed by atoms with Gasteiger partial charge in [-0.3, -0.25) is 4.79 Å². The molecule has 1 aliphatic heterocycles. The Labute approximate surface area is 118 Å². The van der Waals surface area contributed by atoms with E-state index in [0.29, 0.717) is 6.54 Å². The lowest BCUT2D eigenvalue weighted by Crippen LogP contribution is -2.48. The predicted molar refractivity (Wildman–Crippen MR) is 74.0 cm³/mol. The molecule has 3 amide bonds. The Morgan fingerprint density at radius 1 is 1.55 bits per heavy atom. The van der Waals surface area contributed by atoms with Crippen molar-refractivity contribution in [1.82, 2.24) is 10.2 Å². The number of primary amides is 1. The summed E-state index contributed by atoms with van der Waals surface area (Å²) in [6, 6.07) is 2.53. The highest BCUT2D eigenvalue weighted by atomic mass is 16.3. The Balaban J connectivity index is 2.10. The summed E-state index contributed by atoms with van der Waals surface area (Å²) in [6.07, 6.45) is 2.65. The molecule has 1 aromatic heterocycles. The third-order valence-corrected chi connectivity index (χ3v) is 3.62. The highest BCUT2D eigenvalue weighted by molar-refractivity contribution is 5.86. The lowest BCUT2D eigenvalue weighted by molar-refractivity contribution is -0.134. The molecule has 110 valence electrons. The molecular formula is C14H21N3O3. The molecule has 0 aliphatic carbocycles. The SMILES string of the molecule is CCc1ccc([C@H]2CCCN2C(=O)[C@H](C)NC(N)=O)o1. The zero-order valence-electron chi connectivity index (χ0n) is 11.9. The van der Waals surface area contributed by atoms with Crippen molar-refractivity contribution < 1.29 is 14.0 Å². The molecule has 2 rings (SSSR count). The fourth-order valence-corrected chi connectivity index (χ4v) is 2.61. The van der Waals surface area contributed by atoms with Crippen LogP contribution in [0.15, 0.2) is 16.5 Å². The van der Waals surface area contributed by atoms with Crippen LogP contribution in [0.3, 0.4) is 0 Å². The normalized spacial score (nSPS) is 19.9. The minimum atomic E-state index is -0.687. The monoisotopic (exact) mass is 279 g/mol. The average molecular weight is 279 g/mol. The maximum Gasteiger partial charge on any atom is 0.312 e. The van der Waals surface area contributed by atoms with E-state index in [1.54, 1.807) is 11.8 Å². The van der Waals surface area contributed by atoms with E-state index >= 15 is 0 Å². The zero-order chi connectivity index (χ0) is 14.7. The van der Waals surface area contributed by atoms with Crippen molar-refractivity contribution >= 4 is 11.9 Å². The van der Waals surface area contributed by atoms with Gasteiger partial charge in [0, 0.05) is 13.0 Å². The second-order valence-corrected chi connectivity index (χ2v) is 5.08. The van der Waals surface area contributed by atoms with Crippen LogP contribution in [0.25, 0.3) is 0 Å². The molecule has 6 nitrogen and oxygen atoms in total. The molecule has 0 radical (unpaired) electrons. The maximum atomic E-state index is 12.4. The summed E-state index contributed by atoms with van der Waals surface area (Å²) in [5.74, 6) is 1.61. The quantitative estimate of drug-likeness (QED) is 0.876. The maximum absolute atomic E-state index is 12.4. The van der Waals surface area contributed by atoms with Gasteiger partial charge in [-0.25, -0.2) is 4.79 Å². The molecule has 20 heavy (non-hydrogen) atoms. The Morgan fingerprint density at radius 3 is 2.90 bits per heavy atom. The van der Waals surface area contributed by atoms with E-state index in [4.69, 9.17) is 10.2 Å². The molecule has 0 spiro atoms. The first kappa shape index (κ1) is 14.4.